The van der Waals surface area contributed by atoms with Crippen LogP contribution in [-0.2, 0) is 10.0 Å². The molecule has 126 valence electrons. The molecular formula is C17H20N4O2S. The van der Waals surface area contributed by atoms with Crippen molar-refractivity contribution in [1.82, 2.24) is 9.97 Å². The number of hydrogen-bond acceptors (Lipinski definition) is 5. The van der Waals surface area contributed by atoms with Crippen molar-refractivity contribution in [2.75, 3.05) is 18.0 Å². The first-order valence-corrected chi connectivity index (χ1v) is 9.78. The largest absolute Gasteiger partial charge is 0.341 e. The molecule has 2 aliphatic rings. The number of aromatic nitrogens is 2. The zero-order valence-corrected chi connectivity index (χ0v) is 14.1. The van der Waals surface area contributed by atoms with Gasteiger partial charge in [0, 0.05) is 30.9 Å². The van der Waals surface area contributed by atoms with Gasteiger partial charge in [0.05, 0.1) is 4.90 Å². The molecule has 24 heavy (non-hydrogen) atoms. The average molecular weight is 344 g/mol. The fourth-order valence-electron chi connectivity index (χ4n) is 3.43. The third-order valence-electron chi connectivity index (χ3n) is 4.86. The van der Waals surface area contributed by atoms with E-state index < -0.39 is 10.0 Å². The van der Waals surface area contributed by atoms with E-state index in [0.29, 0.717) is 11.8 Å². The molecule has 0 radical (unpaired) electrons. The summed E-state index contributed by atoms with van der Waals surface area (Å²) in [7, 11) is -3.63. The SMILES string of the molecule is NS(=O)(=O)c1ccc(C2CC2c2ccnc(N3CCCC3)n2)cc1. The van der Waals surface area contributed by atoms with Crippen LogP contribution in [0.2, 0.25) is 0 Å². The Hall–Kier alpha value is -1.99. The summed E-state index contributed by atoms with van der Waals surface area (Å²) in [6.45, 7) is 2.07. The second kappa shape index (κ2) is 5.82. The quantitative estimate of drug-likeness (QED) is 0.916. The lowest BCUT2D eigenvalue weighted by Crippen LogP contribution is -2.20. The zero-order chi connectivity index (χ0) is 16.7. The van der Waals surface area contributed by atoms with Crippen LogP contribution in [0, 0.1) is 0 Å². The predicted octanol–water partition coefficient (Wildman–Crippen LogP) is 2.00. The number of hydrogen-bond donors (Lipinski definition) is 1. The zero-order valence-electron chi connectivity index (χ0n) is 13.3. The van der Waals surface area contributed by atoms with Crippen molar-refractivity contribution in [3.05, 3.63) is 47.8 Å². The van der Waals surface area contributed by atoms with Crippen LogP contribution in [0.5, 0.6) is 0 Å². The van der Waals surface area contributed by atoms with Crippen molar-refractivity contribution in [3.63, 3.8) is 0 Å². The Balaban J connectivity index is 1.51. The molecule has 2 atom stereocenters. The van der Waals surface area contributed by atoms with E-state index in [1.165, 1.54) is 12.8 Å². The van der Waals surface area contributed by atoms with Gasteiger partial charge in [-0.05, 0) is 48.9 Å². The molecule has 2 N–H and O–H groups in total. The van der Waals surface area contributed by atoms with Crippen LogP contribution in [0.25, 0.3) is 0 Å². The molecule has 4 rings (SSSR count). The minimum atomic E-state index is -3.63. The molecule has 1 saturated carbocycles. The molecular weight excluding hydrogens is 324 g/mol. The molecule has 0 bridgehead atoms. The highest BCUT2D eigenvalue weighted by molar-refractivity contribution is 7.89. The molecule has 2 unspecified atom stereocenters. The second-order valence-corrected chi connectivity index (χ2v) is 8.10. The van der Waals surface area contributed by atoms with E-state index in [0.717, 1.165) is 36.7 Å². The third kappa shape index (κ3) is 3.01. The Morgan fingerprint density at radius 1 is 1.04 bits per heavy atom. The van der Waals surface area contributed by atoms with E-state index in [1.54, 1.807) is 12.1 Å². The van der Waals surface area contributed by atoms with Gasteiger partial charge in [0.25, 0.3) is 0 Å². The van der Waals surface area contributed by atoms with Gasteiger partial charge in [-0.1, -0.05) is 12.1 Å². The van der Waals surface area contributed by atoms with E-state index in [2.05, 4.69) is 9.88 Å². The van der Waals surface area contributed by atoms with Gasteiger partial charge < -0.3 is 4.90 Å². The summed E-state index contributed by atoms with van der Waals surface area (Å²) in [5.41, 5.74) is 2.21. The van der Waals surface area contributed by atoms with Crippen LogP contribution in [0.15, 0.2) is 41.4 Å². The number of benzene rings is 1. The normalized spacial score (nSPS) is 23.5. The summed E-state index contributed by atoms with van der Waals surface area (Å²) in [6.07, 6.45) is 5.28. The van der Waals surface area contributed by atoms with E-state index >= 15 is 0 Å². The number of primary sulfonamides is 1. The Kier molecular flexibility index (Phi) is 3.77. The van der Waals surface area contributed by atoms with E-state index in [1.807, 2.05) is 24.4 Å². The van der Waals surface area contributed by atoms with Gasteiger partial charge in [0.15, 0.2) is 0 Å². The van der Waals surface area contributed by atoms with Crippen molar-refractivity contribution in [2.45, 2.75) is 36.0 Å². The Labute approximate surface area is 141 Å². The van der Waals surface area contributed by atoms with Crippen LogP contribution in [-0.4, -0.2) is 31.5 Å². The first kappa shape index (κ1) is 15.5. The first-order chi connectivity index (χ1) is 11.5. The summed E-state index contributed by atoms with van der Waals surface area (Å²) in [6, 6.07) is 8.86. The third-order valence-corrected chi connectivity index (χ3v) is 5.79. The van der Waals surface area contributed by atoms with Gasteiger partial charge >= 0.3 is 0 Å². The molecule has 0 amide bonds. The molecule has 2 fully saturated rings. The lowest BCUT2D eigenvalue weighted by molar-refractivity contribution is 0.598. The van der Waals surface area contributed by atoms with Crippen molar-refractivity contribution in [1.29, 1.82) is 0 Å². The van der Waals surface area contributed by atoms with Crippen molar-refractivity contribution < 1.29 is 8.42 Å². The molecule has 1 aliphatic heterocycles. The predicted molar refractivity (Wildman–Crippen MR) is 91.4 cm³/mol. The van der Waals surface area contributed by atoms with Crippen LogP contribution in [0.4, 0.5) is 5.95 Å². The molecule has 0 spiro atoms. The lowest BCUT2D eigenvalue weighted by atomic mass is 10.1. The van der Waals surface area contributed by atoms with Gasteiger partial charge in [0.1, 0.15) is 0 Å². The smallest absolute Gasteiger partial charge is 0.238 e. The molecule has 2 heterocycles. The number of rotatable bonds is 4. The molecule has 1 aromatic carbocycles. The van der Waals surface area contributed by atoms with Gasteiger partial charge in [-0.15, -0.1) is 0 Å². The molecule has 7 heteroatoms. The summed E-state index contributed by atoms with van der Waals surface area (Å²) in [5.74, 6) is 1.61. The van der Waals surface area contributed by atoms with Crippen molar-refractivity contribution >= 4 is 16.0 Å². The minimum absolute atomic E-state index is 0.154. The summed E-state index contributed by atoms with van der Waals surface area (Å²) >= 11 is 0. The van der Waals surface area contributed by atoms with Crippen LogP contribution < -0.4 is 10.0 Å². The summed E-state index contributed by atoms with van der Waals surface area (Å²) in [5, 5.41) is 5.14. The standard InChI is InChI=1S/C17H20N4O2S/c18-24(22,23)13-5-3-12(4-6-13)14-11-15(14)16-7-8-19-17(20-16)21-9-1-2-10-21/h3-8,14-15H,1-2,9-11H2,(H2,18,22,23). The number of sulfonamides is 1. The van der Waals surface area contributed by atoms with Crippen molar-refractivity contribution in [2.24, 2.45) is 5.14 Å². The maximum atomic E-state index is 11.3. The monoisotopic (exact) mass is 344 g/mol. The second-order valence-electron chi connectivity index (χ2n) is 6.54. The van der Waals surface area contributed by atoms with E-state index in [4.69, 9.17) is 10.1 Å². The topological polar surface area (TPSA) is 89.2 Å². The Morgan fingerprint density at radius 3 is 2.42 bits per heavy atom. The highest BCUT2D eigenvalue weighted by Crippen LogP contribution is 2.54. The fraction of sp³-hybridized carbons (Fsp3) is 0.412. The van der Waals surface area contributed by atoms with E-state index in [9.17, 15) is 8.42 Å². The average Bonchev–Trinajstić information content (AvgIpc) is 3.19. The van der Waals surface area contributed by atoms with Crippen molar-refractivity contribution in [3.8, 4) is 0 Å². The number of anilines is 1. The van der Waals surface area contributed by atoms with Crippen LogP contribution >= 0.6 is 0 Å². The molecule has 1 aliphatic carbocycles. The maximum absolute atomic E-state index is 11.3. The number of nitrogens with two attached hydrogens (primary N) is 1. The lowest BCUT2D eigenvalue weighted by Gasteiger charge is -2.15. The molecule has 1 saturated heterocycles. The van der Waals surface area contributed by atoms with E-state index in [-0.39, 0.29) is 4.90 Å². The Bertz CT molecular complexity index is 845. The highest BCUT2D eigenvalue weighted by Gasteiger charge is 2.41. The molecule has 2 aromatic rings. The van der Waals surface area contributed by atoms with Gasteiger partial charge in [-0.3, -0.25) is 0 Å². The Morgan fingerprint density at radius 2 is 1.75 bits per heavy atom. The summed E-state index contributed by atoms with van der Waals surface area (Å²) < 4.78 is 22.7. The molecule has 6 nitrogen and oxygen atoms in total. The molecule has 1 aromatic heterocycles. The van der Waals surface area contributed by atoms with Crippen LogP contribution in [0.1, 0.15) is 42.4 Å². The minimum Gasteiger partial charge on any atom is -0.341 e. The van der Waals surface area contributed by atoms with Gasteiger partial charge in [-0.25, -0.2) is 23.5 Å². The van der Waals surface area contributed by atoms with Gasteiger partial charge in [0.2, 0.25) is 16.0 Å². The first-order valence-electron chi connectivity index (χ1n) is 8.23. The fourth-order valence-corrected chi connectivity index (χ4v) is 3.95. The summed E-state index contributed by atoms with van der Waals surface area (Å²) in [4.78, 5) is 11.5. The highest BCUT2D eigenvalue weighted by atomic mass is 32.2. The van der Waals surface area contributed by atoms with Gasteiger partial charge in [-0.2, -0.15) is 0 Å². The van der Waals surface area contributed by atoms with Crippen LogP contribution in [0.3, 0.4) is 0 Å². The maximum Gasteiger partial charge on any atom is 0.238 e. The number of nitrogens with zero attached hydrogens (tertiary/aromatic N) is 3.